The van der Waals surface area contributed by atoms with E-state index >= 15 is 0 Å². The Bertz CT molecular complexity index is 2910. The number of hydrogen-bond donors (Lipinski definition) is 2. The number of ether oxygens (including phenoxy) is 6. The maximum Gasteiger partial charge on any atom is 0.413 e. The number of carbonyl (C=O) groups excluding carboxylic acids is 8. The van der Waals surface area contributed by atoms with Crippen LogP contribution in [0.2, 0.25) is 0 Å². The second-order valence-electron chi connectivity index (χ2n) is 21.0. The van der Waals surface area contributed by atoms with Gasteiger partial charge in [-0.25, -0.2) is 24.2 Å². The molecule has 23 heteroatoms. The summed E-state index contributed by atoms with van der Waals surface area (Å²) in [7, 11) is 0. The van der Waals surface area contributed by atoms with Crippen molar-refractivity contribution in [3.05, 3.63) is 106 Å². The molecule has 74 heavy (non-hydrogen) atoms. The Labute approximate surface area is 428 Å². The minimum Gasteiger partial charge on any atom is -0.457 e. The van der Waals surface area contributed by atoms with E-state index in [0.29, 0.717) is 21.1 Å². The zero-order chi connectivity index (χ0) is 53.9. The third-order valence-electron chi connectivity index (χ3n) is 11.2. The van der Waals surface area contributed by atoms with Gasteiger partial charge in [-0.1, -0.05) is 65.8 Å². The number of hydroxylamine groups is 2. The van der Waals surface area contributed by atoms with Crippen LogP contribution in [0.4, 0.5) is 9.93 Å². The lowest BCUT2D eigenvalue weighted by atomic mass is 9.97. The molecular formula is C51H54N6O16S. The van der Waals surface area contributed by atoms with Crippen LogP contribution in [-0.4, -0.2) is 115 Å². The summed E-state index contributed by atoms with van der Waals surface area (Å²) in [5.74, 6) is -8.78. The molecule has 0 saturated carbocycles. The van der Waals surface area contributed by atoms with Crippen molar-refractivity contribution >= 4 is 69.8 Å². The number of anilines is 1. The average Bonchev–Trinajstić information content (AvgIpc) is 4.13. The predicted octanol–water partition coefficient (Wildman–Crippen LogP) is 5.91. The Balaban J connectivity index is 1.05. The van der Waals surface area contributed by atoms with Gasteiger partial charge in [0.25, 0.3) is 23.6 Å². The van der Waals surface area contributed by atoms with Crippen LogP contribution < -0.4 is 20.1 Å². The van der Waals surface area contributed by atoms with Crippen molar-refractivity contribution in [1.82, 2.24) is 20.3 Å². The van der Waals surface area contributed by atoms with E-state index in [1.807, 2.05) is 60.7 Å². The highest BCUT2D eigenvalue weighted by Gasteiger charge is 2.66. The molecule has 3 atom stereocenters. The van der Waals surface area contributed by atoms with E-state index in [4.69, 9.17) is 38.1 Å². The quantitative estimate of drug-likeness (QED) is 0.0549. The topological polar surface area (TPSA) is 266 Å². The first kappa shape index (κ1) is 52.4. The molecular weight excluding hydrogens is 985 g/mol. The van der Waals surface area contributed by atoms with Crippen LogP contribution in [0.5, 0.6) is 11.5 Å². The number of rotatable bonds is 12. The Morgan fingerprint density at radius 3 is 1.81 bits per heavy atom. The van der Waals surface area contributed by atoms with Gasteiger partial charge in [0, 0.05) is 16.5 Å². The molecule has 0 aliphatic carbocycles. The fourth-order valence-electron chi connectivity index (χ4n) is 7.94. The van der Waals surface area contributed by atoms with E-state index in [0.717, 1.165) is 11.3 Å². The second-order valence-corrected chi connectivity index (χ2v) is 21.8. The largest absolute Gasteiger partial charge is 0.457 e. The molecule has 1 unspecified atom stereocenters. The summed E-state index contributed by atoms with van der Waals surface area (Å²) in [6.07, 6.45) is -1.71. The zero-order valence-electron chi connectivity index (χ0n) is 42.3. The predicted molar refractivity (Wildman–Crippen MR) is 259 cm³/mol. The molecule has 0 spiro atoms. The minimum absolute atomic E-state index is 0.0264. The number of nitrogens with zero attached hydrogens (tertiary/aromatic N) is 4. The van der Waals surface area contributed by atoms with Gasteiger partial charge in [-0.15, -0.1) is 11.3 Å². The van der Waals surface area contributed by atoms with E-state index in [1.165, 1.54) is 52.1 Å². The minimum atomic E-state index is -2.76. The first-order valence-electron chi connectivity index (χ1n) is 23.3. The Hall–Kier alpha value is -7.92. The Morgan fingerprint density at radius 1 is 0.743 bits per heavy atom. The van der Waals surface area contributed by atoms with Crippen LogP contribution in [0.1, 0.15) is 120 Å². The van der Waals surface area contributed by atoms with Crippen molar-refractivity contribution in [3.63, 3.8) is 0 Å². The summed E-state index contributed by atoms with van der Waals surface area (Å²) < 4.78 is 35.2. The van der Waals surface area contributed by atoms with E-state index in [1.54, 1.807) is 41.5 Å². The lowest BCUT2D eigenvalue weighted by molar-refractivity contribution is -0.263. The number of oxime groups is 1. The molecule has 3 aromatic carbocycles. The standard InChI is InChI=1S/C51H54N6O16S/c1-46(2,3)70-42(63)49(10,11)73-55-36(32-26-74-44(53-32)54-45(65)72-48(7,8)9)37(58)52-31-25-66-57(40(31)61)50(43(64)71-47(4,5)6)24-33(41(62)69-50)56-38(59)29-22-34-35(23-30(29)39(56)60)68-51(67-34,27-18-14-12-15-19-27)28-20-16-13-17-21-28/h12-23,26,31,33H,24-25H2,1-11H3,(H,52,58)(H,53,54,65)/b55-36-/t31-,33+,50?/m0/s1. The molecule has 2 saturated heterocycles. The smallest absolute Gasteiger partial charge is 0.413 e. The first-order chi connectivity index (χ1) is 34.5. The van der Waals surface area contributed by atoms with Gasteiger partial charge in [-0.05, 0) is 88.3 Å². The van der Waals surface area contributed by atoms with Gasteiger partial charge in [-0.3, -0.25) is 34.2 Å². The van der Waals surface area contributed by atoms with Crippen LogP contribution in [0.15, 0.2) is 83.3 Å². The number of imide groups is 1. The molecule has 0 radical (unpaired) electrons. The van der Waals surface area contributed by atoms with E-state index in [-0.39, 0.29) is 33.5 Å². The monoisotopic (exact) mass is 1040 g/mol. The number of carbonyl (C=O) groups is 8. The van der Waals surface area contributed by atoms with E-state index in [2.05, 4.69) is 20.8 Å². The van der Waals surface area contributed by atoms with Gasteiger partial charge in [-0.2, -0.15) is 5.06 Å². The van der Waals surface area contributed by atoms with Gasteiger partial charge in [0.05, 0.1) is 17.5 Å². The third-order valence-corrected chi connectivity index (χ3v) is 11.9. The molecule has 2 N–H and O–H groups in total. The highest BCUT2D eigenvalue weighted by atomic mass is 32.1. The van der Waals surface area contributed by atoms with Crippen LogP contribution in [0, 0.1) is 0 Å². The van der Waals surface area contributed by atoms with Gasteiger partial charge in [0.2, 0.25) is 5.60 Å². The lowest BCUT2D eigenvalue weighted by Crippen LogP contribution is -2.59. The number of thiazole rings is 1. The Kier molecular flexibility index (Phi) is 13.3. The summed E-state index contributed by atoms with van der Waals surface area (Å²) in [5.41, 5.74) is -7.38. The first-order valence-corrected chi connectivity index (χ1v) is 24.1. The van der Waals surface area contributed by atoms with Crippen molar-refractivity contribution in [1.29, 1.82) is 0 Å². The summed E-state index contributed by atoms with van der Waals surface area (Å²) >= 11 is 0.880. The van der Waals surface area contributed by atoms with Gasteiger partial charge in [0.15, 0.2) is 22.3 Å². The van der Waals surface area contributed by atoms with Gasteiger partial charge in [0.1, 0.15) is 41.2 Å². The average molecular weight is 1040 g/mol. The molecule has 390 valence electrons. The molecule has 4 aliphatic heterocycles. The maximum absolute atomic E-state index is 14.5. The van der Waals surface area contributed by atoms with Crippen molar-refractivity contribution in [2.24, 2.45) is 5.16 Å². The number of fused-ring (bicyclic) bond motifs is 2. The molecule has 5 amide bonds. The van der Waals surface area contributed by atoms with Gasteiger partial charge >= 0.3 is 35.5 Å². The van der Waals surface area contributed by atoms with E-state index < -0.39 is 112 Å². The number of hydrogen-bond acceptors (Lipinski definition) is 19. The lowest BCUT2D eigenvalue weighted by Gasteiger charge is -2.35. The SMILES string of the molecule is CC(C)(C)OC(=O)Nc1nc(/C(=N/OC(C)(C)C(=O)OC(C)(C)C)C(=O)N[C@H]2CON(C3(C(=O)OC(C)(C)C)C[C@@H](N4C(=O)c5cc6c(cc5C4=O)OC(c4ccccc4)(c4ccccc4)O6)C(=O)O3)C2=O)cs1. The Morgan fingerprint density at radius 2 is 1.28 bits per heavy atom. The van der Waals surface area contributed by atoms with Crippen molar-refractivity contribution in [2.75, 3.05) is 11.9 Å². The fraction of sp³-hybridized carbons (Fsp3) is 0.412. The number of amides is 5. The molecule has 0 bridgehead atoms. The number of esters is 3. The second kappa shape index (κ2) is 18.8. The van der Waals surface area contributed by atoms with Crippen molar-refractivity contribution in [2.45, 2.75) is 129 Å². The summed E-state index contributed by atoms with van der Waals surface area (Å²) in [6.45, 7) is 16.5. The highest BCUT2D eigenvalue weighted by Crippen LogP contribution is 2.50. The fourth-order valence-corrected chi connectivity index (χ4v) is 8.62. The molecule has 8 rings (SSSR count). The van der Waals surface area contributed by atoms with Crippen LogP contribution in [-0.2, 0) is 58.4 Å². The molecule has 4 aliphatic rings. The zero-order valence-corrected chi connectivity index (χ0v) is 43.1. The van der Waals surface area contributed by atoms with Crippen LogP contribution in [0.3, 0.4) is 0 Å². The third kappa shape index (κ3) is 10.3. The summed E-state index contributed by atoms with van der Waals surface area (Å²) in [6, 6.07) is 17.4. The summed E-state index contributed by atoms with van der Waals surface area (Å²) in [4.78, 5) is 128. The number of benzene rings is 3. The summed E-state index contributed by atoms with van der Waals surface area (Å²) in [5, 5.41) is 10.6. The van der Waals surface area contributed by atoms with Crippen molar-refractivity contribution < 1.29 is 76.5 Å². The normalized spacial score (nSPS) is 20.5. The molecule has 22 nitrogen and oxygen atoms in total. The highest BCUT2D eigenvalue weighted by molar-refractivity contribution is 7.14. The maximum atomic E-state index is 14.5. The van der Waals surface area contributed by atoms with Crippen LogP contribution >= 0.6 is 11.3 Å². The van der Waals surface area contributed by atoms with E-state index in [9.17, 15) is 38.4 Å². The number of nitrogens with one attached hydrogen (secondary N) is 2. The molecule has 1 aromatic heterocycles. The van der Waals surface area contributed by atoms with Crippen molar-refractivity contribution in [3.8, 4) is 11.5 Å². The number of aromatic nitrogens is 1. The molecule has 2 fully saturated rings. The number of cyclic esters (lactones) is 1. The molecule has 4 aromatic rings. The molecule has 5 heterocycles. The van der Waals surface area contributed by atoms with Gasteiger partial charge < -0.3 is 38.6 Å². The van der Waals surface area contributed by atoms with Crippen LogP contribution in [0.25, 0.3) is 0 Å².